The Morgan fingerprint density at radius 3 is 1.53 bits per heavy atom. The SMILES string of the molecule is CC(O)C(C)O.CC(O)COC(C)CO. The molecule has 0 aliphatic heterocycles. The summed E-state index contributed by atoms with van der Waals surface area (Å²) in [6.45, 7) is 6.79. The third kappa shape index (κ3) is 16.5. The summed E-state index contributed by atoms with van der Waals surface area (Å²) in [5, 5.41) is 33.9. The van der Waals surface area contributed by atoms with Gasteiger partial charge in [0.25, 0.3) is 0 Å². The summed E-state index contributed by atoms with van der Waals surface area (Å²) in [7, 11) is 0. The summed E-state index contributed by atoms with van der Waals surface area (Å²) < 4.78 is 4.95. The molecule has 94 valence electrons. The third-order valence-corrected chi connectivity index (χ3v) is 1.58. The Kier molecular flexibility index (Phi) is 11.8. The molecule has 5 nitrogen and oxygen atoms in total. The van der Waals surface area contributed by atoms with E-state index in [4.69, 9.17) is 25.2 Å². The summed E-state index contributed by atoms with van der Waals surface area (Å²) in [4.78, 5) is 0. The Labute approximate surface area is 91.3 Å². The van der Waals surface area contributed by atoms with E-state index in [0.29, 0.717) is 6.61 Å². The van der Waals surface area contributed by atoms with Gasteiger partial charge in [-0.15, -0.1) is 0 Å². The molecule has 0 amide bonds. The molecule has 0 heterocycles. The predicted molar refractivity (Wildman–Crippen MR) is 57.5 cm³/mol. The van der Waals surface area contributed by atoms with Crippen molar-refractivity contribution in [2.75, 3.05) is 13.2 Å². The summed E-state index contributed by atoms with van der Waals surface area (Å²) in [5.41, 5.74) is 0. The highest BCUT2D eigenvalue weighted by atomic mass is 16.5. The van der Waals surface area contributed by atoms with Gasteiger partial charge < -0.3 is 25.2 Å². The average molecular weight is 224 g/mol. The quantitative estimate of drug-likeness (QED) is 0.506. The molecule has 0 aromatic rings. The van der Waals surface area contributed by atoms with Gasteiger partial charge in [0.1, 0.15) is 0 Å². The van der Waals surface area contributed by atoms with Gasteiger partial charge in [0.05, 0.1) is 37.6 Å². The van der Waals surface area contributed by atoms with Crippen LogP contribution in [-0.4, -0.2) is 58.1 Å². The van der Waals surface area contributed by atoms with E-state index in [2.05, 4.69) is 0 Å². The fourth-order valence-electron chi connectivity index (χ4n) is 0.356. The number of aliphatic hydroxyl groups excluding tert-OH is 4. The Balaban J connectivity index is 0. The van der Waals surface area contributed by atoms with Crippen LogP contribution in [0.15, 0.2) is 0 Å². The van der Waals surface area contributed by atoms with Gasteiger partial charge in [0.15, 0.2) is 0 Å². The number of hydrogen-bond donors (Lipinski definition) is 4. The van der Waals surface area contributed by atoms with Crippen molar-refractivity contribution >= 4 is 0 Å². The molecule has 0 aliphatic rings. The van der Waals surface area contributed by atoms with Crippen LogP contribution >= 0.6 is 0 Å². The molecule has 0 spiro atoms. The molecule has 4 atom stereocenters. The van der Waals surface area contributed by atoms with Gasteiger partial charge in [-0.25, -0.2) is 0 Å². The molecule has 0 rings (SSSR count). The fraction of sp³-hybridized carbons (Fsp3) is 1.00. The minimum atomic E-state index is -0.593. The first-order chi connectivity index (χ1) is 6.81. The number of hydrogen-bond acceptors (Lipinski definition) is 5. The van der Waals surface area contributed by atoms with Crippen LogP contribution in [0, 0.1) is 0 Å². The van der Waals surface area contributed by atoms with Crippen molar-refractivity contribution in [1.29, 1.82) is 0 Å². The lowest BCUT2D eigenvalue weighted by Gasteiger charge is -2.10. The summed E-state index contributed by atoms with van der Waals surface area (Å²) in [5.74, 6) is 0. The minimum absolute atomic E-state index is 0.00667. The van der Waals surface area contributed by atoms with Crippen molar-refractivity contribution in [3.8, 4) is 0 Å². The van der Waals surface area contributed by atoms with Crippen LogP contribution in [0.1, 0.15) is 27.7 Å². The van der Waals surface area contributed by atoms with E-state index >= 15 is 0 Å². The molecule has 0 saturated heterocycles. The molecule has 0 bridgehead atoms. The Bertz CT molecular complexity index is 119. The number of rotatable bonds is 5. The molecule has 4 unspecified atom stereocenters. The lowest BCUT2D eigenvalue weighted by molar-refractivity contribution is -0.0177. The van der Waals surface area contributed by atoms with Gasteiger partial charge in [-0.3, -0.25) is 0 Å². The fourth-order valence-corrected chi connectivity index (χ4v) is 0.356. The van der Waals surface area contributed by atoms with E-state index in [-0.39, 0.29) is 12.7 Å². The summed E-state index contributed by atoms with van der Waals surface area (Å²) >= 11 is 0. The maximum absolute atomic E-state index is 8.69. The van der Waals surface area contributed by atoms with Crippen LogP contribution in [-0.2, 0) is 4.74 Å². The van der Waals surface area contributed by atoms with Crippen molar-refractivity contribution < 1.29 is 25.2 Å². The van der Waals surface area contributed by atoms with Crippen molar-refractivity contribution in [1.82, 2.24) is 0 Å². The van der Waals surface area contributed by atoms with Crippen LogP contribution in [0.2, 0.25) is 0 Å². The predicted octanol–water partition coefficient (Wildman–Crippen LogP) is -0.487. The lowest BCUT2D eigenvalue weighted by atomic mass is 10.3. The molecule has 4 N–H and O–H groups in total. The molecule has 0 fully saturated rings. The zero-order valence-corrected chi connectivity index (χ0v) is 9.92. The third-order valence-electron chi connectivity index (χ3n) is 1.58. The molecule has 0 saturated carbocycles. The Hall–Kier alpha value is -0.200. The van der Waals surface area contributed by atoms with Crippen molar-refractivity contribution in [3.63, 3.8) is 0 Å². The van der Waals surface area contributed by atoms with Crippen LogP contribution in [0.3, 0.4) is 0 Å². The molecular formula is C10H24O5. The van der Waals surface area contributed by atoms with Gasteiger partial charge in [-0.05, 0) is 27.7 Å². The molecule has 0 aromatic carbocycles. The normalized spacial score (nSPS) is 18.4. The monoisotopic (exact) mass is 224 g/mol. The smallest absolute Gasteiger partial charge is 0.0779 e. The first-order valence-corrected chi connectivity index (χ1v) is 5.07. The summed E-state index contributed by atoms with van der Waals surface area (Å²) in [6, 6.07) is 0. The topological polar surface area (TPSA) is 90.2 Å². The van der Waals surface area contributed by atoms with Crippen molar-refractivity contribution in [3.05, 3.63) is 0 Å². The van der Waals surface area contributed by atoms with Gasteiger partial charge in [-0.1, -0.05) is 0 Å². The molecular weight excluding hydrogens is 200 g/mol. The largest absolute Gasteiger partial charge is 0.394 e. The standard InChI is InChI=1S/C6H14O3.C4H10O2/c1-5(8)4-9-6(2)3-7;1-3(5)4(2)6/h5-8H,3-4H2,1-2H3;3-6H,1-2H3. The number of ether oxygens (including phenoxy) is 1. The molecule has 0 radical (unpaired) electrons. The maximum Gasteiger partial charge on any atom is 0.0779 e. The zero-order valence-electron chi connectivity index (χ0n) is 9.92. The second-order valence-electron chi connectivity index (χ2n) is 3.66. The second kappa shape index (κ2) is 10.3. The highest BCUT2D eigenvalue weighted by molar-refractivity contribution is 4.51. The number of aliphatic hydroxyl groups is 4. The molecule has 5 heteroatoms. The van der Waals surface area contributed by atoms with Gasteiger partial charge >= 0.3 is 0 Å². The van der Waals surface area contributed by atoms with E-state index in [1.807, 2.05) is 0 Å². The van der Waals surface area contributed by atoms with E-state index in [0.717, 1.165) is 0 Å². The van der Waals surface area contributed by atoms with E-state index < -0.39 is 18.3 Å². The first-order valence-electron chi connectivity index (χ1n) is 5.07. The molecule has 0 aromatic heterocycles. The van der Waals surface area contributed by atoms with Gasteiger partial charge in [0, 0.05) is 0 Å². The zero-order chi connectivity index (χ0) is 12.4. The lowest BCUT2D eigenvalue weighted by Crippen LogP contribution is -2.19. The van der Waals surface area contributed by atoms with Gasteiger partial charge in [0.2, 0.25) is 0 Å². The molecule has 0 aliphatic carbocycles. The van der Waals surface area contributed by atoms with Crippen molar-refractivity contribution in [2.45, 2.75) is 52.1 Å². The second-order valence-corrected chi connectivity index (χ2v) is 3.66. The molecule has 15 heavy (non-hydrogen) atoms. The minimum Gasteiger partial charge on any atom is -0.394 e. The van der Waals surface area contributed by atoms with Crippen LogP contribution in [0.25, 0.3) is 0 Å². The van der Waals surface area contributed by atoms with Crippen molar-refractivity contribution in [2.24, 2.45) is 0 Å². The summed E-state index contributed by atoms with van der Waals surface area (Å²) in [6.07, 6.45) is -1.80. The van der Waals surface area contributed by atoms with Crippen LogP contribution < -0.4 is 0 Å². The van der Waals surface area contributed by atoms with Crippen LogP contribution in [0.5, 0.6) is 0 Å². The highest BCUT2D eigenvalue weighted by Gasteiger charge is 2.01. The maximum atomic E-state index is 8.69. The van der Waals surface area contributed by atoms with E-state index in [9.17, 15) is 0 Å². The van der Waals surface area contributed by atoms with Crippen LogP contribution in [0.4, 0.5) is 0 Å². The van der Waals surface area contributed by atoms with E-state index in [1.165, 1.54) is 0 Å². The van der Waals surface area contributed by atoms with Gasteiger partial charge in [-0.2, -0.15) is 0 Å². The Morgan fingerprint density at radius 1 is 0.933 bits per heavy atom. The average Bonchev–Trinajstić information content (AvgIpc) is 2.14. The highest BCUT2D eigenvalue weighted by Crippen LogP contribution is 1.90. The Morgan fingerprint density at radius 2 is 1.33 bits per heavy atom. The first kappa shape index (κ1) is 17.2. The van der Waals surface area contributed by atoms with E-state index in [1.54, 1.807) is 27.7 Å².